The molecule has 0 spiro atoms. The van der Waals surface area contributed by atoms with Crippen molar-refractivity contribution < 1.29 is 14.3 Å². The number of fused-ring (bicyclic) bond motifs is 1. The Kier molecular flexibility index (Phi) is 10.1. The van der Waals surface area contributed by atoms with E-state index in [0.717, 1.165) is 60.7 Å². The fourth-order valence-electron chi connectivity index (χ4n) is 4.35. The Labute approximate surface area is 234 Å². The van der Waals surface area contributed by atoms with Gasteiger partial charge in [0.25, 0.3) is 0 Å². The van der Waals surface area contributed by atoms with Crippen molar-refractivity contribution in [2.75, 3.05) is 52.4 Å². The van der Waals surface area contributed by atoms with Gasteiger partial charge in [-0.25, -0.2) is 4.79 Å². The number of carbonyl (C=O) groups is 1. The molecule has 7 nitrogen and oxygen atoms in total. The molecule has 3 N–H and O–H groups in total. The molecule has 0 saturated carbocycles. The lowest BCUT2D eigenvalue weighted by Gasteiger charge is -2.20. The van der Waals surface area contributed by atoms with Crippen molar-refractivity contribution in [3.05, 3.63) is 76.3 Å². The van der Waals surface area contributed by atoms with E-state index in [0.29, 0.717) is 22.3 Å². The number of benzene rings is 3. The number of hydrogen-bond donors (Lipinski definition) is 3. The monoisotopic (exact) mass is 556 g/mol. The van der Waals surface area contributed by atoms with Gasteiger partial charge in [0.15, 0.2) is 11.5 Å². The predicted octanol–water partition coefficient (Wildman–Crippen LogP) is 6.23. The Morgan fingerprint density at radius 3 is 2.37 bits per heavy atom. The maximum Gasteiger partial charge on any atom is 0.319 e. The largest absolute Gasteiger partial charge is 0.454 e. The van der Waals surface area contributed by atoms with Crippen LogP contribution in [0.15, 0.2) is 60.7 Å². The molecule has 0 bridgehead atoms. The average molecular weight is 558 g/mol. The van der Waals surface area contributed by atoms with Gasteiger partial charge in [0.2, 0.25) is 6.79 Å². The number of amides is 2. The molecule has 1 unspecified atom stereocenters. The first-order valence-corrected chi connectivity index (χ1v) is 13.5. The van der Waals surface area contributed by atoms with E-state index in [9.17, 15) is 4.79 Å². The van der Waals surface area contributed by atoms with E-state index in [1.165, 1.54) is 0 Å². The van der Waals surface area contributed by atoms with Gasteiger partial charge in [0.1, 0.15) is 0 Å². The molecule has 9 heteroatoms. The third-order valence-corrected chi connectivity index (χ3v) is 6.78. The standard InChI is InChI=1S/C29H34Cl2N4O3/c1-35(2)13-3-11-32-12-10-23(18-33-29(36)34-26-16-24(30)15-25(31)17-26)21-6-4-20(5-7-21)22-8-9-27-28(14-22)38-19-37-27/h4-9,14-17,23,32H,3,10-13,18-19H2,1-2H3,(H2,33,34,36). The molecule has 3 aromatic carbocycles. The molecule has 0 saturated heterocycles. The molecule has 1 atom stereocenters. The summed E-state index contributed by atoms with van der Waals surface area (Å²) < 4.78 is 11.0. The Bertz CT molecular complexity index is 1200. The summed E-state index contributed by atoms with van der Waals surface area (Å²) in [4.78, 5) is 14.8. The zero-order chi connectivity index (χ0) is 26.9. The van der Waals surface area contributed by atoms with Gasteiger partial charge in [-0.15, -0.1) is 0 Å². The lowest BCUT2D eigenvalue weighted by Crippen LogP contribution is -2.33. The predicted molar refractivity (Wildman–Crippen MR) is 155 cm³/mol. The number of nitrogens with one attached hydrogen (secondary N) is 3. The summed E-state index contributed by atoms with van der Waals surface area (Å²) in [6, 6.07) is 19.1. The number of rotatable bonds is 12. The van der Waals surface area contributed by atoms with Crippen molar-refractivity contribution >= 4 is 34.9 Å². The second-order valence-corrected chi connectivity index (χ2v) is 10.4. The Morgan fingerprint density at radius 2 is 1.63 bits per heavy atom. The van der Waals surface area contributed by atoms with Crippen LogP contribution in [-0.4, -0.2) is 58.0 Å². The summed E-state index contributed by atoms with van der Waals surface area (Å²) in [5.74, 6) is 1.67. The molecule has 2 amide bonds. The minimum Gasteiger partial charge on any atom is -0.454 e. The molecule has 0 radical (unpaired) electrons. The van der Waals surface area contributed by atoms with Crippen molar-refractivity contribution in [3.63, 3.8) is 0 Å². The second-order valence-electron chi connectivity index (χ2n) is 9.58. The first-order valence-electron chi connectivity index (χ1n) is 12.7. The van der Waals surface area contributed by atoms with Gasteiger partial charge < -0.3 is 30.3 Å². The number of hydrogen-bond acceptors (Lipinski definition) is 5. The molecule has 1 aliphatic rings. The molecule has 1 heterocycles. The average Bonchev–Trinajstić information content (AvgIpc) is 3.35. The zero-order valence-corrected chi connectivity index (χ0v) is 23.2. The first-order chi connectivity index (χ1) is 18.4. The molecular weight excluding hydrogens is 523 g/mol. The SMILES string of the molecule is CN(C)CCCNCCC(CNC(=O)Nc1cc(Cl)cc(Cl)c1)c1ccc(-c2ccc3c(c2)OCO3)cc1. The molecule has 0 aliphatic carbocycles. The van der Waals surface area contributed by atoms with Crippen LogP contribution in [0.25, 0.3) is 11.1 Å². The van der Waals surface area contributed by atoms with E-state index in [2.05, 4.69) is 59.2 Å². The van der Waals surface area contributed by atoms with Crippen molar-refractivity contribution in [3.8, 4) is 22.6 Å². The van der Waals surface area contributed by atoms with Crippen LogP contribution in [-0.2, 0) is 0 Å². The van der Waals surface area contributed by atoms with Crippen molar-refractivity contribution in [2.24, 2.45) is 0 Å². The molecular formula is C29H34Cl2N4O3. The maximum absolute atomic E-state index is 12.6. The third-order valence-electron chi connectivity index (χ3n) is 6.35. The van der Waals surface area contributed by atoms with E-state index in [4.69, 9.17) is 32.7 Å². The zero-order valence-electron chi connectivity index (χ0n) is 21.7. The van der Waals surface area contributed by atoms with Crippen LogP contribution in [0.2, 0.25) is 10.0 Å². The van der Waals surface area contributed by atoms with Crippen molar-refractivity contribution in [1.29, 1.82) is 0 Å². The summed E-state index contributed by atoms with van der Waals surface area (Å²) in [6.07, 6.45) is 1.97. The Morgan fingerprint density at radius 1 is 0.921 bits per heavy atom. The topological polar surface area (TPSA) is 74.9 Å². The summed E-state index contributed by atoms with van der Waals surface area (Å²) in [7, 11) is 4.16. The summed E-state index contributed by atoms with van der Waals surface area (Å²) in [5.41, 5.74) is 3.87. The fourth-order valence-corrected chi connectivity index (χ4v) is 4.88. The van der Waals surface area contributed by atoms with Crippen LogP contribution in [0.1, 0.15) is 24.3 Å². The molecule has 0 fully saturated rings. The molecule has 3 aromatic rings. The van der Waals surface area contributed by atoms with Crippen LogP contribution in [0.5, 0.6) is 11.5 Å². The Hall–Kier alpha value is -2.97. The number of carbonyl (C=O) groups excluding carboxylic acids is 1. The summed E-state index contributed by atoms with van der Waals surface area (Å²) in [6.45, 7) is 3.61. The Balaban J connectivity index is 1.39. The van der Waals surface area contributed by atoms with Crippen molar-refractivity contribution in [2.45, 2.75) is 18.8 Å². The maximum atomic E-state index is 12.6. The third kappa shape index (κ3) is 8.27. The molecule has 4 rings (SSSR count). The van der Waals surface area contributed by atoms with Gasteiger partial charge in [-0.1, -0.05) is 53.5 Å². The van der Waals surface area contributed by atoms with E-state index in [-0.39, 0.29) is 18.7 Å². The molecule has 38 heavy (non-hydrogen) atoms. The van der Waals surface area contributed by atoms with E-state index in [1.807, 2.05) is 18.2 Å². The fraction of sp³-hybridized carbons (Fsp3) is 0.345. The van der Waals surface area contributed by atoms with Gasteiger partial charge in [-0.2, -0.15) is 0 Å². The highest BCUT2D eigenvalue weighted by Gasteiger charge is 2.16. The minimum absolute atomic E-state index is 0.135. The number of ether oxygens (including phenoxy) is 2. The normalized spacial score (nSPS) is 13.0. The van der Waals surface area contributed by atoms with Crippen molar-refractivity contribution in [1.82, 2.24) is 15.5 Å². The van der Waals surface area contributed by atoms with Crippen LogP contribution >= 0.6 is 23.2 Å². The van der Waals surface area contributed by atoms with Gasteiger partial charge in [-0.05, 0) is 93.6 Å². The summed E-state index contributed by atoms with van der Waals surface area (Å²) >= 11 is 12.1. The highest BCUT2D eigenvalue weighted by atomic mass is 35.5. The highest BCUT2D eigenvalue weighted by molar-refractivity contribution is 6.35. The van der Waals surface area contributed by atoms with Gasteiger partial charge in [-0.3, -0.25) is 0 Å². The molecule has 0 aromatic heterocycles. The first kappa shape index (κ1) is 28.0. The smallest absolute Gasteiger partial charge is 0.319 e. The number of halogens is 2. The minimum atomic E-state index is -0.302. The number of anilines is 1. The van der Waals surface area contributed by atoms with Crippen LogP contribution in [0, 0.1) is 0 Å². The van der Waals surface area contributed by atoms with E-state index in [1.54, 1.807) is 18.2 Å². The highest BCUT2D eigenvalue weighted by Crippen LogP contribution is 2.36. The van der Waals surface area contributed by atoms with E-state index >= 15 is 0 Å². The second kappa shape index (κ2) is 13.7. The van der Waals surface area contributed by atoms with Crippen LogP contribution < -0.4 is 25.4 Å². The van der Waals surface area contributed by atoms with Gasteiger partial charge in [0.05, 0.1) is 0 Å². The molecule has 202 valence electrons. The number of nitrogens with zero attached hydrogens (tertiary/aromatic N) is 1. The number of urea groups is 1. The lowest BCUT2D eigenvalue weighted by molar-refractivity contribution is 0.174. The van der Waals surface area contributed by atoms with Crippen LogP contribution in [0.4, 0.5) is 10.5 Å². The van der Waals surface area contributed by atoms with Gasteiger partial charge in [0, 0.05) is 28.2 Å². The molecule has 1 aliphatic heterocycles. The van der Waals surface area contributed by atoms with Crippen LogP contribution in [0.3, 0.4) is 0 Å². The quantitative estimate of drug-likeness (QED) is 0.231. The lowest BCUT2D eigenvalue weighted by atomic mass is 9.93. The van der Waals surface area contributed by atoms with Gasteiger partial charge >= 0.3 is 6.03 Å². The summed E-state index contributed by atoms with van der Waals surface area (Å²) in [5, 5.41) is 10.3. The van der Waals surface area contributed by atoms with E-state index < -0.39 is 0 Å².